The van der Waals surface area contributed by atoms with Gasteiger partial charge in [-0.3, -0.25) is 4.79 Å². The molecule has 0 bridgehead atoms. The van der Waals surface area contributed by atoms with E-state index in [-0.39, 0.29) is 6.10 Å². The number of halogens is 2. The zero-order valence-corrected chi connectivity index (χ0v) is 13.3. The highest BCUT2D eigenvalue weighted by molar-refractivity contribution is 9.10. The van der Waals surface area contributed by atoms with E-state index in [2.05, 4.69) is 15.9 Å². The lowest BCUT2D eigenvalue weighted by Crippen LogP contribution is -2.34. The highest BCUT2D eigenvalue weighted by Gasteiger charge is 2.46. The van der Waals surface area contributed by atoms with Gasteiger partial charge < -0.3 is 9.84 Å². The molecule has 0 heterocycles. The van der Waals surface area contributed by atoms with Crippen molar-refractivity contribution >= 4 is 21.9 Å². The first-order valence-corrected chi connectivity index (χ1v) is 8.22. The Labute approximate surface area is 131 Å². The Morgan fingerprint density at radius 3 is 2.48 bits per heavy atom. The summed E-state index contributed by atoms with van der Waals surface area (Å²) in [6, 6.07) is 2.69. The summed E-state index contributed by atoms with van der Waals surface area (Å²) in [7, 11) is 0. The molecule has 0 saturated heterocycles. The molecule has 1 aromatic carbocycles. The first kappa shape index (κ1) is 14.8. The molecule has 3 rings (SSSR count). The molecule has 0 aliphatic heterocycles. The normalized spacial score (nSPS) is 21.0. The van der Waals surface area contributed by atoms with Crippen molar-refractivity contribution in [2.24, 2.45) is 0 Å². The number of carboxylic acid groups (broad SMARTS) is 1. The number of carbonyl (C=O) groups is 1. The van der Waals surface area contributed by atoms with Gasteiger partial charge in [-0.2, -0.15) is 0 Å². The number of benzene rings is 1. The summed E-state index contributed by atoms with van der Waals surface area (Å²) in [5.74, 6) is -0.785. The quantitative estimate of drug-likeness (QED) is 0.868. The van der Waals surface area contributed by atoms with Crippen LogP contribution >= 0.6 is 15.9 Å². The van der Waals surface area contributed by atoms with E-state index >= 15 is 0 Å². The summed E-state index contributed by atoms with van der Waals surface area (Å²) in [5, 5.41) is 9.74. The zero-order valence-electron chi connectivity index (χ0n) is 11.7. The van der Waals surface area contributed by atoms with Crippen molar-refractivity contribution in [3.63, 3.8) is 0 Å². The predicted molar refractivity (Wildman–Crippen MR) is 80.1 cm³/mol. The Hall–Kier alpha value is -1.10. The predicted octanol–water partition coefficient (Wildman–Crippen LogP) is 4.42. The van der Waals surface area contributed by atoms with Crippen LogP contribution < -0.4 is 4.74 Å². The fraction of sp³-hybridized carbons (Fsp3) is 0.562. The maximum Gasteiger partial charge on any atom is 0.314 e. The van der Waals surface area contributed by atoms with Crippen LogP contribution in [0.15, 0.2) is 16.6 Å². The maximum atomic E-state index is 13.8. The van der Waals surface area contributed by atoms with Crippen LogP contribution in [0, 0.1) is 5.82 Å². The molecule has 3 nitrogen and oxygen atoms in total. The van der Waals surface area contributed by atoms with Crippen LogP contribution in [0.2, 0.25) is 0 Å². The van der Waals surface area contributed by atoms with Crippen molar-refractivity contribution in [2.45, 2.75) is 56.5 Å². The van der Waals surface area contributed by atoms with Gasteiger partial charge in [0.2, 0.25) is 0 Å². The van der Waals surface area contributed by atoms with Crippen molar-refractivity contribution in [3.8, 4) is 5.75 Å². The van der Waals surface area contributed by atoms with Crippen LogP contribution in [0.5, 0.6) is 5.75 Å². The van der Waals surface area contributed by atoms with Gasteiger partial charge >= 0.3 is 5.97 Å². The van der Waals surface area contributed by atoms with E-state index in [1.165, 1.54) is 12.1 Å². The second-order valence-electron chi connectivity index (χ2n) is 6.03. The smallest absolute Gasteiger partial charge is 0.314 e. The van der Waals surface area contributed by atoms with Crippen LogP contribution in [-0.2, 0) is 10.2 Å². The molecule has 114 valence electrons. The molecule has 1 N–H and O–H groups in total. The topological polar surface area (TPSA) is 46.5 Å². The molecular weight excluding hydrogens is 339 g/mol. The van der Waals surface area contributed by atoms with Gasteiger partial charge in [-0.1, -0.05) is 12.8 Å². The van der Waals surface area contributed by atoms with Crippen LogP contribution in [-0.4, -0.2) is 17.2 Å². The van der Waals surface area contributed by atoms with Crippen molar-refractivity contribution < 1.29 is 19.0 Å². The van der Waals surface area contributed by atoms with Gasteiger partial charge in [-0.25, -0.2) is 4.39 Å². The molecule has 0 atom stereocenters. The highest BCUT2D eigenvalue weighted by atomic mass is 79.9. The van der Waals surface area contributed by atoms with Crippen molar-refractivity contribution in [1.82, 2.24) is 0 Å². The van der Waals surface area contributed by atoms with Crippen LogP contribution in [0.25, 0.3) is 0 Å². The molecule has 0 spiro atoms. The van der Waals surface area contributed by atoms with E-state index in [9.17, 15) is 14.3 Å². The Morgan fingerprint density at radius 1 is 1.29 bits per heavy atom. The van der Waals surface area contributed by atoms with Gasteiger partial charge in [-0.15, -0.1) is 0 Å². The molecule has 0 aromatic heterocycles. The third kappa shape index (κ3) is 2.56. The number of rotatable bonds is 4. The van der Waals surface area contributed by atoms with Crippen molar-refractivity contribution in [2.75, 3.05) is 0 Å². The average Bonchev–Trinajstić information content (AvgIpc) is 2.85. The van der Waals surface area contributed by atoms with E-state index in [1.54, 1.807) is 0 Å². The second-order valence-corrected chi connectivity index (χ2v) is 6.88. The fourth-order valence-electron chi connectivity index (χ4n) is 3.27. The lowest BCUT2D eigenvalue weighted by molar-refractivity contribution is -0.143. The van der Waals surface area contributed by atoms with Gasteiger partial charge in [0.15, 0.2) is 0 Å². The first-order valence-electron chi connectivity index (χ1n) is 7.42. The standard InChI is InChI=1S/C16H18BrFO3/c17-13-9-10(18)8-12(14(13)21-11-4-3-5-11)16(15(19)20)6-1-2-7-16/h8-9,11H,1-7H2,(H,19,20). The van der Waals surface area contributed by atoms with E-state index < -0.39 is 17.2 Å². The molecule has 5 heteroatoms. The molecule has 1 aromatic rings. The summed E-state index contributed by atoms with van der Waals surface area (Å²) < 4.78 is 20.3. The average molecular weight is 357 g/mol. The minimum atomic E-state index is -1.01. The van der Waals surface area contributed by atoms with Crippen LogP contribution in [0.4, 0.5) is 4.39 Å². The van der Waals surface area contributed by atoms with Gasteiger partial charge in [0, 0.05) is 5.56 Å². The SMILES string of the molecule is O=C(O)C1(c2cc(F)cc(Br)c2OC2CCC2)CCCC1. The van der Waals surface area contributed by atoms with E-state index in [4.69, 9.17) is 4.74 Å². The molecule has 2 aliphatic carbocycles. The van der Waals surface area contributed by atoms with Gasteiger partial charge in [0.25, 0.3) is 0 Å². The van der Waals surface area contributed by atoms with Crippen LogP contribution in [0.1, 0.15) is 50.5 Å². The molecule has 2 aliphatic rings. The van der Waals surface area contributed by atoms with Gasteiger partial charge in [0.1, 0.15) is 11.6 Å². The van der Waals surface area contributed by atoms with Gasteiger partial charge in [-0.05, 0) is 60.2 Å². The molecule has 0 radical (unpaired) electrons. The third-order valence-corrected chi connectivity index (χ3v) is 5.32. The lowest BCUT2D eigenvalue weighted by atomic mass is 9.78. The molecule has 2 saturated carbocycles. The number of carboxylic acids is 1. The summed E-state index contributed by atoms with van der Waals surface area (Å²) in [4.78, 5) is 11.9. The summed E-state index contributed by atoms with van der Waals surface area (Å²) >= 11 is 3.34. The summed E-state index contributed by atoms with van der Waals surface area (Å²) in [6.45, 7) is 0. The Kier molecular flexibility index (Phi) is 3.95. The highest BCUT2D eigenvalue weighted by Crippen LogP contribution is 2.48. The number of hydrogen-bond acceptors (Lipinski definition) is 2. The minimum absolute atomic E-state index is 0.123. The summed E-state index contributed by atoms with van der Waals surface area (Å²) in [5.41, 5.74) is -0.518. The van der Waals surface area contributed by atoms with E-state index in [0.29, 0.717) is 28.6 Å². The van der Waals surface area contributed by atoms with Gasteiger partial charge in [0.05, 0.1) is 16.0 Å². The minimum Gasteiger partial charge on any atom is -0.489 e. The second kappa shape index (κ2) is 5.59. The fourth-order valence-corrected chi connectivity index (χ4v) is 3.79. The first-order chi connectivity index (χ1) is 10.0. The van der Waals surface area contributed by atoms with Crippen molar-refractivity contribution in [1.29, 1.82) is 0 Å². The third-order valence-electron chi connectivity index (χ3n) is 4.73. The van der Waals surface area contributed by atoms with Crippen molar-refractivity contribution in [3.05, 3.63) is 28.0 Å². The molecule has 0 amide bonds. The van der Waals surface area contributed by atoms with E-state index in [0.717, 1.165) is 32.1 Å². The lowest BCUT2D eigenvalue weighted by Gasteiger charge is -2.32. The molecule has 0 unspecified atom stereocenters. The Bertz CT molecular complexity index is 563. The monoisotopic (exact) mass is 356 g/mol. The van der Waals surface area contributed by atoms with E-state index in [1.807, 2.05) is 0 Å². The molecule has 2 fully saturated rings. The molecular formula is C16H18BrFO3. The number of aliphatic carboxylic acids is 1. The Morgan fingerprint density at radius 2 is 1.95 bits per heavy atom. The number of ether oxygens (including phenoxy) is 1. The maximum absolute atomic E-state index is 13.8. The summed E-state index contributed by atoms with van der Waals surface area (Å²) in [6.07, 6.45) is 5.98. The number of hydrogen-bond donors (Lipinski definition) is 1. The van der Waals surface area contributed by atoms with Crippen LogP contribution in [0.3, 0.4) is 0 Å². The largest absolute Gasteiger partial charge is 0.489 e. The zero-order chi connectivity index (χ0) is 15.0. The molecule has 21 heavy (non-hydrogen) atoms. The Balaban J connectivity index is 2.08.